The van der Waals surface area contributed by atoms with E-state index >= 15 is 0 Å². The molecule has 0 aromatic heterocycles. The molecule has 2 unspecified atom stereocenters. The fourth-order valence-electron chi connectivity index (χ4n) is 1.45. The molecule has 0 radical (unpaired) electrons. The summed E-state index contributed by atoms with van der Waals surface area (Å²) in [5.74, 6) is -0.682. The first-order valence-electron chi connectivity index (χ1n) is 6.08. The van der Waals surface area contributed by atoms with E-state index in [0.29, 0.717) is 0 Å². The normalized spacial score (nSPS) is 15.7. The van der Waals surface area contributed by atoms with E-state index in [1.807, 2.05) is 13.8 Å². The molecule has 0 aromatic carbocycles. The maximum absolute atomic E-state index is 10.7. The highest BCUT2D eigenvalue weighted by Gasteiger charge is 2.17. The van der Waals surface area contributed by atoms with Gasteiger partial charge in [-0.05, 0) is 38.5 Å². The van der Waals surface area contributed by atoms with Gasteiger partial charge >= 0.3 is 5.97 Å². The number of carboxylic acid groups (broad SMARTS) is 1. The summed E-state index contributed by atoms with van der Waals surface area (Å²) in [6, 6.07) is 0. The van der Waals surface area contributed by atoms with Crippen LogP contribution >= 0.6 is 0 Å². The van der Waals surface area contributed by atoms with Crippen LogP contribution in [-0.4, -0.2) is 11.1 Å². The van der Waals surface area contributed by atoms with Crippen LogP contribution < -0.4 is 0 Å². The molecule has 1 N–H and O–H groups in total. The molecule has 0 spiro atoms. The summed E-state index contributed by atoms with van der Waals surface area (Å²) in [7, 11) is 0. The third kappa shape index (κ3) is 7.27. The second-order valence-electron chi connectivity index (χ2n) is 4.30. The van der Waals surface area contributed by atoms with Gasteiger partial charge in [0.1, 0.15) is 0 Å². The maximum Gasteiger partial charge on any atom is 0.306 e. The number of allylic oxidation sites excluding steroid dienone is 4. The van der Waals surface area contributed by atoms with Crippen LogP contribution in [0.3, 0.4) is 0 Å². The Morgan fingerprint density at radius 1 is 1.12 bits per heavy atom. The van der Waals surface area contributed by atoms with E-state index in [-0.39, 0.29) is 11.8 Å². The van der Waals surface area contributed by atoms with Crippen molar-refractivity contribution in [2.45, 2.75) is 46.5 Å². The topological polar surface area (TPSA) is 37.3 Å². The molecule has 0 heterocycles. The van der Waals surface area contributed by atoms with Crippen LogP contribution in [0.4, 0.5) is 0 Å². The fraction of sp³-hybridized carbons (Fsp3) is 0.643. The molecule has 0 saturated carbocycles. The van der Waals surface area contributed by atoms with Gasteiger partial charge in [0.2, 0.25) is 0 Å². The highest BCUT2D eigenvalue weighted by molar-refractivity contribution is 5.69. The zero-order valence-corrected chi connectivity index (χ0v) is 10.6. The van der Waals surface area contributed by atoms with E-state index in [9.17, 15) is 4.79 Å². The summed E-state index contributed by atoms with van der Waals surface area (Å²) in [5, 5.41) is 8.83. The number of carboxylic acids is 1. The van der Waals surface area contributed by atoms with Gasteiger partial charge in [-0.2, -0.15) is 0 Å². The molecular formula is C14H24O2. The minimum absolute atomic E-state index is 0.239. The molecule has 92 valence electrons. The largest absolute Gasteiger partial charge is 0.481 e. The van der Waals surface area contributed by atoms with E-state index in [0.717, 1.165) is 25.7 Å². The highest BCUT2D eigenvalue weighted by Crippen LogP contribution is 2.17. The van der Waals surface area contributed by atoms with Crippen molar-refractivity contribution in [1.29, 1.82) is 0 Å². The summed E-state index contributed by atoms with van der Waals surface area (Å²) in [6.07, 6.45) is 12.7. The number of rotatable bonds is 8. The Bertz CT molecular complexity index is 241. The number of unbranched alkanes of at least 4 members (excludes halogenated alkanes) is 1. The van der Waals surface area contributed by atoms with Gasteiger partial charge in [0.25, 0.3) is 0 Å². The van der Waals surface area contributed by atoms with Crippen molar-refractivity contribution in [2.75, 3.05) is 0 Å². The van der Waals surface area contributed by atoms with Crippen molar-refractivity contribution in [3.05, 3.63) is 24.3 Å². The molecule has 2 heteroatoms. The molecule has 0 fully saturated rings. The average molecular weight is 224 g/mol. The summed E-state index contributed by atoms with van der Waals surface area (Å²) in [4.78, 5) is 10.7. The Balaban J connectivity index is 3.61. The van der Waals surface area contributed by atoms with Gasteiger partial charge in [-0.1, -0.05) is 38.2 Å². The Labute approximate surface area is 99.1 Å². The van der Waals surface area contributed by atoms with Crippen molar-refractivity contribution < 1.29 is 9.90 Å². The molecule has 16 heavy (non-hydrogen) atoms. The van der Waals surface area contributed by atoms with E-state index in [1.165, 1.54) is 0 Å². The lowest BCUT2D eigenvalue weighted by atomic mass is 9.92. The summed E-state index contributed by atoms with van der Waals surface area (Å²) in [5.41, 5.74) is 0. The standard InChI is InChI=1S/C14H24O2/c1-4-5-6-7-8-9-10-11-12(2)13(3)14(15)16/h4-5,8-9,12-13H,6-7,10-11H2,1-3H3,(H,15,16). The lowest BCUT2D eigenvalue weighted by molar-refractivity contribution is -0.142. The third-order valence-corrected chi connectivity index (χ3v) is 2.93. The molecular weight excluding hydrogens is 200 g/mol. The van der Waals surface area contributed by atoms with E-state index < -0.39 is 5.97 Å². The second-order valence-corrected chi connectivity index (χ2v) is 4.30. The lowest BCUT2D eigenvalue weighted by Crippen LogP contribution is -2.17. The Kier molecular flexibility index (Phi) is 8.59. The van der Waals surface area contributed by atoms with Crippen molar-refractivity contribution in [2.24, 2.45) is 11.8 Å². The predicted molar refractivity (Wildman–Crippen MR) is 68.4 cm³/mol. The summed E-state index contributed by atoms with van der Waals surface area (Å²) in [6.45, 7) is 5.81. The van der Waals surface area contributed by atoms with Crippen molar-refractivity contribution in [3.8, 4) is 0 Å². The van der Waals surface area contributed by atoms with E-state index in [2.05, 4.69) is 24.3 Å². The first kappa shape index (κ1) is 14.9. The van der Waals surface area contributed by atoms with Crippen molar-refractivity contribution >= 4 is 5.97 Å². The Hall–Kier alpha value is -1.05. The van der Waals surface area contributed by atoms with Crippen LogP contribution in [0, 0.1) is 11.8 Å². The molecule has 2 atom stereocenters. The van der Waals surface area contributed by atoms with Crippen LogP contribution in [0.2, 0.25) is 0 Å². The average Bonchev–Trinajstić information content (AvgIpc) is 2.26. The van der Waals surface area contributed by atoms with Gasteiger partial charge < -0.3 is 5.11 Å². The van der Waals surface area contributed by atoms with Gasteiger partial charge in [-0.25, -0.2) is 0 Å². The van der Waals surface area contributed by atoms with Gasteiger partial charge in [0.15, 0.2) is 0 Å². The number of aliphatic carboxylic acids is 1. The van der Waals surface area contributed by atoms with Crippen LogP contribution in [-0.2, 0) is 4.79 Å². The van der Waals surface area contributed by atoms with Crippen LogP contribution in [0.15, 0.2) is 24.3 Å². The van der Waals surface area contributed by atoms with Gasteiger partial charge in [0.05, 0.1) is 5.92 Å². The number of carbonyl (C=O) groups is 1. The fourth-order valence-corrected chi connectivity index (χ4v) is 1.45. The third-order valence-electron chi connectivity index (χ3n) is 2.93. The van der Waals surface area contributed by atoms with Crippen LogP contribution in [0.1, 0.15) is 46.5 Å². The lowest BCUT2D eigenvalue weighted by Gasteiger charge is -2.14. The maximum atomic E-state index is 10.7. The molecule has 2 nitrogen and oxygen atoms in total. The molecule has 0 amide bonds. The SMILES string of the molecule is CC=CCCC=CCCC(C)C(C)C(=O)O. The van der Waals surface area contributed by atoms with Crippen LogP contribution in [0.5, 0.6) is 0 Å². The predicted octanol–water partition coefficient (Wildman–Crippen LogP) is 4.04. The monoisotopic (exact) mass is 224 g/mol. The second kappa shape index (κ2) is 9.20. The molecule has 0 aliphatic carbocycles. The first-order valence-corrected chi connectivity index (χ1v) is 6.08. The van der Waals surface area contributed by atoms with Gasteiger partial charge in [0, 0.05) is 0 Å². The molecule has 0 aromatic rings. The zero-order valence-electron chi connectivity index (χ0n) is 10.6. The quantitative estimate of drug-likeness (QED) is 0.499. The first-order chi connectivity index (χ1) is 7.59. The number of hydrogen-bond donors (Lipinski definition) is 1. The molecule has 0 saturated heterocycles. The molecule has 0 aliphatic rings. The Morgan fingerprint density at radius 3 is 2.25 bits per heavy atom. The summed E-state index contributed by atoms with van der Waals surface area (Å²) < 4.78 is 0. The van der Waals surface area contributed by atoms with E-state index in [4.69, 9.17) is 5.11 Å². The van der Waals surface area contributed by atoms with Crippen molar-refractivity contribution in [3.63, 3.8) is 0 Å². The minimum atomic E-state index is -0.690. The van der Waals surface area contributed by atoms with Crippen molar-refractivity contribution in [1.82, 2.24) is 0 Å². The Morgan fingerprint density at radius 2 is 1.69 bits per heavy atom. The van der Waals surface area contributed by atoms with Gasteiger partial charge in [-0.15, -0.1) is 0 Å². The molecule has 0 bridgehead atoms. The smallest absolute Gasteiger partial charge is 0.306 e. The summed E-state index contributed by atoms with van der Waals surface area (Å²) >= 11 is 0. The van der Waals surface area contributed by atoms with E-state index in [1.54, 1.807) is 6.92 Å². The number of hydrogen-bond acceptors (Lipinski definition) is 1. The zero-order chi connectivity index (χ0) is 12.4. The minimum Gasteiger partial charge on any atom is -0.481 e. The van der Waals surface area contributed by atoms with Gasteiger partial charge in [-0.3, -0.25) is 4.79 Å². The molecule has 0 aliphatic heterocycles. The molecule has 0 rings (SSSR count). The highest BCUT2D eigenvalue weighted by atomic mass is 16.4. The van der Waals surface area contributed by atoms with Crippen LogP contribution in [0.25, 0.3) is 0 Å².